The molecular formula is C24H27BrN2O4. The van der Waals surface area contributed by atoms with Gasteiger partial charge in [0.05, 0.1) is 6.61 Å². The van der Waals surface area contributed by atoms with Gasteiger partial charge in [0, 0.05) is 36.0 Å². The molecule has 6 nitrogen and oxygen atoms in total. The van der Waals surface area contributed by atoms with E-state index in [1.54, 1.807) is 6.08 Å². The molecule has 2 atom stereocenters. The highest BCUT2D eigenvalue weighted by Gasteiger charge is 2.50. The summed E-state index contributed by atoms with van der Waals surface area (Å²) in [6.45, 7) is 6.44. The minimum Gasteiger partial charge on any atom is -0.494 e. The summed E-state index contributed by atoms with van der Waals surface area (Å²) in [5, 5.41) is 11.8. The Morgan fingerprint density at radius 3 is 2.74 bits per heavy atom. The van der Waals surface area contributed by atoms with Crippen LogP contribution in [-0.2, 0) is 16.0 Å². The van der Waals surface area contributed by atoms with Crippen LogP contribution in [0.1, 0.15) is 24.5 Å². The van der Waals surface area contributed by atoms with E-state index in [-0.39, 0.29) is 12.5 Å². The quantitative estimate of drug-likeness (QED) is 0.396. The predicted octanol–water partition coefficient (Wildman–Crippen LogP) is 3.66. The second-order valence-electron chi connectivity index (χ2n) is 7.32. The molecule has 0 aromatic heterocycles. The van der Waals surface area contributed by atoms with Crippen LogP contribution >= 0.6 is 15.9 Å². The predicted molar refractivity (Wildman–Crippen MR) is 125 cm³/mol. The smallest absolute Gasteiger partial charge is 0.252 e. The van der Waals surface area contributed by atoms with Gasteiger partial charge in [-0.15, -0.1) is 6.58 Å². The van der Waals surface area contributed by atoms with Crippen LogP contribution in [0.5, 0.6) is 5.75 Å². The van der Waals surface area contributed by atoms with Crippen molar-refractivity contribution in [1.82, 2.24) is 5.32 Å². The van der Waals surface area contributed by atoms with Gasteiger partial charge < -0.3 is 19.9 Å². The zero-order valence-electron chi connectivity index (χ0n) is 17.5. The van der Waals surface area contributed by atoms with Crippen LogP contribution < -0.4 is 10.1 Å². The number of ether oxygens (including phenoxy) is 2. The van der Waals surface area contributed by atoms with Gasteiger partial charge in [0.1, 0.15) is 11.9 Å². The van der Waals surface area contributed by atoms with Crippen molar-refractivity contribution in [3.05, 3.63) is 76.8 Å². The van der Waals surface area contributed by atoms with Gasteiger partial charge in [0.15, 0.2) is 5.54 Å². The molecule has 0 fully saturated rings. The zero-order valence-corrected chi connectivity index (χ0v) is 19.1. The fourth-order valence-electron chi connectivity index (χ4n) is 3.39. The van der Waals surface area contributed by atoms with Crippen LogP contribution in [0.25, 0.3) is 0 Å². The van der Waals surface area contributed by atoms with Gasteiger partial charge in [0.2, 0.25) is 5.90 Å². The van der Waals surface area contributed by atoms with E-state index < -0.39 is 11.6 Å². The van der Waals surface area contributed by atoms with Crippen molar-refractivity contribution in [2.75, 3.05) is 19.8 Å². The molecule has 1 aliphatic rings. The number of benzene rings is 2. The van der Waals surface area contributed by atoms with Crippen LogP contribution in [0.15, 0.2) is 70.7 Å². The third-order valence-electron chi connectivity index (χ3n) is 5.15. The molecule has 1 aliphatic heterocycles. The molecule has 0 radical (unpaired) electrons. The van der Waals surface area contributed by atoms with Crippen LogP contribution in [0.2, 0.25) is 0 Å². The van der Waals surface area contributed by atoms with Crippen LogP contribution in [0, 0.1) is 0 Å². The third-order valence-corrected chi connectivity index (χ3v) is 5.93. The summed E-state index contributed by atoms with van der Waals surface area (Å²) in [7, 11) is 0. The SMILES string of the molecule is C=CCNC(=O)[C@]1(Cc2ccccc2Br)N=C(c2ccc(OCCCO)cc2)O[C@@H]1C. The normalized spacial score (nSPS) is 20.0. The van der Waals surface area contributed by atoms with Crippen molar-refractivity contribution < 1.29 is 19.4 Å². The summed E-state index contributed by atoms with van der Waals surface area (Å²) in [6, 6.07) is 15.2. The summed E-state index contributed by atoms with van der Waals surface area (Å²) < 4.78 is 12.6. The Morgan fingerprint density at radius 1 is 1.32 bits per heavy atom. The van der Waals surface area contributed by atoms with Crippen molar-refractivity contribution >= 4 is 27.7 Å². The highest BCUT2D eigenvalue weighted by atomic mass is 79.9. The van der Waals surface area contributed by atoms with E-state index in [0.717, 1.165) is 15.6 Å². The molecule has 3 rings (SSSR count). The van der Waals surface area contributed by atoms with Gasteiger partial charge in [0.25, 0.3) is 5.91 Å². The van der Waals surface area contributed by atoms with Crippen molar-refractivity contribution in [3.8, 4) is 5.75 Å². The van der Waals surface area contributed by atoms with Crippen molar-refractivity contribution in [2.24, 2.45) is 4.99 Å². The number of nitrogens with one attached hydrogen (secondary N) is 1. The molecule has 0 unspecified atom stereocenters. The Labute approximate surface area is 191 Å². The lowest BCUT2D eigenvalue weighted by atomic mass is 9.86. The molecule has 164 valence electrons. The summed E-state index contributed by atoms with van der Waals surface area (Å²) >= 11 is 3.58. The number of carbonyl (C=O) groups excluding carboxylic acids is 1. The Kier molecular flexibility index (Phi) is 7.87. The van der Waals surface area contributed by atoms with Crippen molar-refractivity contribution in [1.29, 1.82) is 0 Å². The number of aliphatic hydroxyl groups excluding tert-OH is 1. The molecule has 7 heteroatoms. The number of halogens is 1. The fourth-order valence-corrected chi connectivity index (χ4v) is 3.82. The summed E-state index contributed by atoms with van der Waals surface area (Å²) in [5.41, 5.74) is 0.648. The molecule has 2 aromatic rings. The number of aliphatic imine (C=N–C) groups is 1. The van der Waals surface area contributed by atoms with Gasteiger partial charge in [-0.25, -0.2) is 4.99 Å². The van der Waals surface area contributed by atoms with E-state index >= 15 is 0 Å². The zero-order chi connectivity index (χ0) is 22.3. The molecule has 0 saturated heterocycles. The first-order valence-corrected chi connectivity index (χ1v) is 11.0. The van der Waals surface area contributed by atoms with E-state index in [1.165, 1.54) is 0 Å². The summed E-state index contributed by atoms with van der Waals surface area (Å²) in [5.74, 6) is 0.928. The number of carbonyl (C=O) groups is 1. The van der Waals surface area contributed by atoms with E-state index in [0.29, 0.717) is 37.6 Å². The third kappa shape index (κ3) is 5.35. The lowest BCUT2D eigenvalue weighted by molar-refractivity contribution is -0.128. The van der Waals surface area contributed by atoms with Crippen molar-refractivity contribution in [3.63, 3.8) is 0 Å². The number of aliphatic hydroxyl groups is 1. The highest BCUT2D eigenvalue weighted by Crippen LogP contribution is 2.34. The Morgan fingerprint density at radius 2 is 2.06 bits per heavy atom. The first kappa shape index (κ1) is 23.0. The molecule has 2 aromatic carbocycles. The van der Waals surface area contributed by atoms with E-state index in [2.05, 4.69) is 27.8 Å². The Bertz CT molecular complexity index is 945. The molecule has 2 N–H and O–H groups in total. The average Bonchev–Trinajstić information content (AvgIpc) is 3.11. The van der Waals surface area contributed by atoms with E-state index in [4.69, 9.17) is 19.6 Å². The van der Waals surface area contributed by atoms with Gasteiger partial charge >= 0.3 is 0 Å². The van der Waals surface area contributed by atoms with E-state index in [9.17, 15) is 4.79 Å². The molecule has 0 saturated carbocycles. The molecule has 0 aliphatic carbocycles. The summed E-state index contributed by atoms with van der Waals surface area (Å²) in [6.07, 6.45) is 2.15. The number of nitrogens with zero attached hydrogens (tertiary/aromatic N) is 1. The minimum atomic E-state index is -1.10. The number of rotatable bonds is 10. The molecule has 31 heavy (non-hydrogen) atoms. The molecule has 1 heterocycles. The Balaban J connectivity index is 1.90. The fraction of sp³-hybridized carbons (Fsp3) is 0.333. The highest BCUT2D eigenvalue weighted by molar-refractivity contribution is 9.10. The first-order valence-electron chi connectivity index (χ1n) is 10.2. The Hall–Kier alpha value is -2.64. The number of hydrogen-bond donors (Lipinski definition) is 2. The second kappa shape index (κ2) is 10.6. The topological polar surface area (TPSA) is 80.2 Å². The maximum atomic E-state index is 13.2. The largest absolute Gasteiger partial charge is 0.494 e. The van der Waals surface area contributed by atoms with Gasteiger partial charge in [-0.2, -0.15) is 0 Å². The van der Waals surface area contributed by atoms with E-state index in [1.807, 2.05) is 55.5 Å². The molecule has 1 amide bonds. The monoisotopic (exact) mass is 486 g/mol. The number of amides is 1. The summed E-state index contributed by atoms with van der Waals surface area (Å²) in [4.78, 5) is 18.0. The molecular weight excluding hydrogens is 460 g/mol. The second-order valence-corrected chi connectivity index (χ2v) is 8.17. The first-order chi connectivity index (χ1) is 15.0. The standard InChI is InChI=1S/C24H27BrN2O4/c1-3-13-26-23(29)24(16-19-7-4-5-8-21(19)25)17(2)31-22(27-24)18-9-11-20(12-10-18)30-15-6-14-28/h3-5,7-12,17,28H,1,6,13-16H2,2H3,(H,26,29)/t17-,24-/m1/s1. The van der Waals surface area contributed by atoms with Crippen molar-refractivity contribution in [2.45, 2.75) is 31.4 Å². The lowest BCUT2D eigenvalue weighted by Crippen LogP contribution is -2.52. The van der Waals surface area contributed by atoms with Gasteiger partial charge in [-0.3, -0.25) is 4.79 Å². The van der Waals surface area contributed by atoms with Gasteiger partial charge in [-0.05, 0) is 42.8 Å². The van der Waals surface area contributed by atoms with Crippen LogP contribution in [0.3, 0.4) is 0 Å². The average molecular weight is 487 g/mol. The van der Waals surface area contributed by atoms with Crippen LogP contribution in [-0.4, -0.2) is 48.3 Å². The minimum absolute atomic E-state index is 0.0914. The molecule has 0 spiro atoms. The lowest BCUT2D eigenvalue weighted by Gasteiger charge is -2.28. The molecule has 0 bridgehead atoms. The maximum Gasteiger partial charge on any atom is 0.252 e. The van der Waals surface area contributed by atoms with Gasteiger partial charge in [-0.1, -0.05) is 40.2 Å². The number of hydrogen-bond acceptors (Lipinski definition) is 5. The maximum absolute atomic E-state index is 13.2. The van der Waals surface area contributed by atoms with Crippen LogP contribution in [0.4, 0.5) is 0 Å².